The molecule has 1 aromatic heterocycles. The van der Waals surface area contributed by atoms with E-state index in [1.807, 2.05) is 6.33 Å². The maximum atomic E-state index is 4.40. The van der Waals surface area contributed by atoms with Gasteiger partial charge in [0, 0.05) is 36.9 Å². The first kappa shape index (κ1) is 14.1. The summed E-state index contributed by atoms with van der Waals surface area (Å²) < 4.78 is 2.36. The molecule has 3 atom stereocenters. The van der Waals surface area contributed by atoms with Crippen LogP contribution in [0, 0.1) is 0 Å². The van der Waals surface area contributed by atoms with Crippen molar-refractivity contribution in [2.45, 2.75) is 76.7 Å². The van der Waals surface area contributed by atoms with Gasteiger partial charge < -0.3 is 9.88 Å². The van der Waals surface area contributed by atoms with E-state index < -0.39 is 0 Å². The minimum Gasteiger partial charge on any atom is -0.332 e. The largest absolute Gasteiger partial charge is 0.332 e. The highest BCUT2D eigenvalue weighted by Crippen LogP contribution is 2.29. The van der Waals surface area contributed by atoms with Crippen molar-refractivity contribution in [1.82, 2.24) is 19.8 Å². The molecule has 1 aliphatic carbocycles. The van der Waals surface area contributed by atoms with Crippen LogP contribution in [0.2, 0.25) is 0 Å². The van der Waals surface area contributed by atoms with Crippen LogP contribution in [0.5, 0.6) is 0 Å². The number of nitrogens with one attached hydrogen (secondary N) is 1. The van der Waals surface area contributed by atoms with E-state index in [0.29, 0.717) is 18.1 Å². The Morgan fingerprint density at radius 3 is 2.90 bits per heavy atom. The van der Waals surface area contributed by atoms with Gasteiger partial charge in [0.2, 0.25) is 0 Å². The fourth-order valence-electron chi connectivity index (χ4n) is 3.40. The minimum atomic E-state index is 0.486. The molecule has 0 amide bonds. The lowest BCUT2D eigenvalue weighted by Crippen LogP contribution is -2.38. The van der Waals surface area contributed by atoms with E-state index in [1.165, 1.54) is 37.8 Å². The topological polar surface area (TPSA) is 33.1 Å². The van der Waals surface area contributed by atoms with Gasteiger partial charge in [-0.1, -0.05) is 0 Å². The number of likely N-dealkylation sites (N-methyl/N-ethyl adjacent to an activating group) is 1. The zero-order chi connectivity index (χ0) is 14.1. The zero-order valence-electron chi connectivity index (χ0n) is 13.0. The molecule has 1 aliphatic heterocycles. The molecule has 1 saturated carbocycles. The second-order valence-corrected chi connectivity index (χ2v) is 6.77. The van der Waals surface area contributed by atoms with Crippen LogP contribution in [0.3, 0.4) is 0 Å². The van der Waals surface area contributed by atoms with Crippen molar-refractivity contribution in [2.75, 3.05) is 7.05 Å². The highest BCUT2D eigenvalue weighted by atomic mass is 15.2. The number of hydrogen-bond acceptors (Lipinski definition) is 3. The molecule has 2 aliphatic rings. The predicted octanol–water partition coefficient (Wildman–Crippen LogP) is 2.57. The number of imidazole rings is 1. The number of aromatic nitrogens is 2. The molecule has 3 rings (SSSR count). The summed E-state index contributed by atoms with van der Waals surface area (Å²) in [6.45, 7) is 5.67. The van der Waals surface area contributed by atoms with E-state index >= 15 is 0 Å². The van der Waals surface area contributed by atoms with Crippen LogP contribution in [0.15, 0.2) is 12.5 Å². The van der Waals surface area contributed by atoms with E-state index in [1.54, 1.807) is 0 Å². The number of rotatable bonds is 5. The molecule has 2 heterocycles. The lowest BCUT2D eigenvalue weighted by Gasteiger charge is -2.31. The molecular weight excluding hydrogens is 248 g/mol. The number of nitrogens with zero attached hydrogens (tertiary/aromatic N) is 3. The molecule has 4 heteroatoms. The second kappa shape index (κ2) is 5.86. The first-order chi connectivity index (χ1) is 9.65. The van der Waals surface area contributed by atoms with Gasteiger partial charge in [-0.3, -0.25) is 4.90 Å². The molecule has 0 bridgehead atoms. The Balaban J connectivity index is 1.66. The van der Waals surface area contributed by atoms with E-state index in [9.17, 15) is 0 Å². The smallest absolute Gasteiger partial charge is 0.0949 e. The molecule has 3 unspecified atom stereocenters. The lowest BCUT2D eigenvalue weighted by molar-refractivity contribution is 0.221. The predicted molar refractivity (Wildman–Crippen MR) is 81.7 cm³/mol. The highest BCUT2D eigenvalue weighted by molar-refractivity contribution is 5.07. The van der Waals surface area contributed by atoms with Gasteiger partial charge in [-0.15, -0.1) is 0 Å². The molecule has 1 aromatic rings. The highest BCUT2D eigenvalue weighted by Gasteiger charge is 2.30. The molecule has 1 N–H and O–H groups in total. The molecule has 0 spiro atoms. The summed E-state index contributed by atoms with van der Waals surface area (Å²) in [6, 6.07) is 2.52. The zero-order valence-corrected chi connectivity index (χ0v) is 13.0. The second-order valence-electron chi connectivity index (χ2n) is 6.77. The maximum Gasteiger partial charge on any atom is 0.0949 e. The number of piperidine rings is 1. The van der Waals surface area contributed by atoms with Gasteiger partial charge in [-0.25, -0.2) is 4.98 Å². The van der Waals surface area contributed by atoms with Crippen molar-refractivity contribution < 1.29 is 0 Å². The van der Waals surface area contributed by atoms with Crippen molar-refractivity contribution in [1.29, 1.82) is 0 Å². The van der Waals surface area contributed by atoms with Gasteiger partial charge in [0.05, 0.1) is 12.0 Å². The summed E-state index contributed by atoms with van der Waals surface area (Å²) in [5.41, 5.74) is 1.37. The summed E-state index contributed by atoms with van der Waals surface area (Å²) in [7, 11) is 2.26. The van der Waals surface area contributed by atoms with Gasteiger partial charge in [-0.2, -0.15) is 0 Å². The molecule has 112 valence electrons. The van der Waals surface area contributed by atoms with E-state index in [-0.39, 0.29) is 0 Å². The van der Waals surface area contributed by atoms with Crippen molar-refractivity contribution >= 4 is 0 Å². The van der Waals surface area contributed by atoms with Crippen LogP contribution in [-0.2, 0) is 6.54 Å². The fraction of sp³-hybridized carbons (Fsp3) is 0.812. The van der Waals surface area contributed by atoms with Crippen molar-refractivity contribution in [3.63, 3.8) is 0 Å². The van der Waals surface area contributed by atoms with Crippen LogP contribution in [0.25, 0.3) is 0 Å². The Labute approximate surface area is 122 Å². The first-order valence-electron chi connectivity index (χ1n) is 8.13. The summed E-state index contributed by atoms with van der Waals surface area (Å²) in [6.07, 6.45) is 10.7. The molecule has 4 nitrogen and oxygen atoms in total. The molecule has 20 heavy (non-hydrogen) atoms. The standard InChI is InChI=1S/C16H28N4/c1-12-5-4-6-15(18-12)16-9-17-11-20(16)10-13(2)19(3)14-7-8-14/h9,11-15,18H,4-8,10H2,1-3H3. The normalized spacial score (nSPS) is 28.8. The SMILES string of the molecule is CC1CCCC(c2cncn2CC(C)N(C)C2CC2)N1. The van der Waals surface area contributed by atoms with Crippen LogP contribution >= 0.6 is 0 Å². The Morgan fingerprint density at radius 2 is 2.20 bits per heavy atom. The summed E-state index contributed by atoms with van der Waals surface area (Å²) in [5, 5.41) is 3.72. The van der Waals surface area contributed by atoms with Gasteiger partial charge in [0.15, 0.2) is 0 Å². The Hall–Kier alpha value is -0.870. The Morgan fingerprint density at radius 1 is 1.40 bits per heavy atom. The maximum absolute atomic E-state index is 4.40. The minimum absolute atomic E-state index is 0.486. The van der Waals surface area contributed by atoms with Crippen molar-refractivity contribution in [2.24, 2.45) is 0 Å². The third kappa shape index (κ3) is 3.07. The van der Waals surface area contributed by atoms with E-state index in [4.69, 9.17) is 0 Å². The van der Waals surface area contributed by atoms with Crippen LogP contribution in [0.1, 0.15) is 57.7 Å². The average molecular weight is 276 g/mol. The van der Waals surface area contributed by atoms with E-state index in [0.717, 1.165) is 12.6 Å². The Kier molecular flexibility index (Phi) is 4.13. The quantitative estimate of drug-likeness (QED) is 0.897. The lowest BCUT2D eigenvalue weighted by atomic mass is 9.97. The van der Waals surface area contributed by atoms with Crippen molar-refractivity contribution in [3.8, 4) is 0 Å². The third-order valence-electron chi connectivity index (χ3n) is 5.00. The van der Waals surface area contributed by atoms with Gasteiger partial charge in [0.1, 0.15) is 0 Å². The van der Waals surface area contributed by atoms with E-state index in [2.05, 4.69) is 46.9 Å². The van der Waals surface area contributed by atoms with Crippen LogP contribution in [-0.4, -0.2) is 39.6 Å². The molecule has 1 saturated heterocycles. The molecule has 0 radical (unpaired) electrons. The third-order valence-corrected chi connectivity index (χ3v) is 5.00. The summed E-state index contributed by atoms with van der Waals surface area (Å²) in [5.74, 6) is 0. The summed E-state index contributed by atoms with van der Waals surface area (Å²) in [4.78, 5) is 6.93. The van der Waals surface area contributed by atoms with Gasteiger partial charge >= 0.3 is 0 Å². The molecule has 2 fully saturated rings. The Bertz CT molecular complexity index is 437. The van der Waals surface area contributed by atoms with Crippen LogP contribution in [0.4, 0.5) is 0 Å². The average Bonchev–Trinajstić information content (AvgIpc) is 3.18. The van der Waals surface area contributed by atoms with Crippen LogP contribution < -0.4 is 5.32 Å². The van der Waals surface area contributed by atoms with Gasteiger partial charge in [-0.05, 0) is 53.0 Å². The molecular formula is C16H28N4. The monoisotopic (exact) mass is 276 g/mol. The molecule has 0 aromatic carbocycles. The van der Waals surface area contributed by atoms with Gasteiger partial charge in [0.25, 0.3) is 0 Å². The fourth-order valence-corrected chi connectivity index (χ4v) is 3.40. The van der Waals surface area contributed by atoms with Crippen molar-refractivity contribution in [3.05, 3.63) is 18.2 Å². The first-order valence-corrected chi connectivity index (χ1v) is 8.13. The summed E-state index contributed by atoms with van der Waals surface area (Å²) >= 11 is 0. The number of hydrogen-bond donors (Lipinski definition) is 1.